The first-order chi connectivity index (χ1) is 17.8. The molecule has 1 unspecified atom stereocenters. The number of alkyl halides is 3. The zero-order chi connectivity index (χ0) is 27.8. The van der Waals surface area contributed by atoms with Crippen LogP contribution in [0.2, 0.25) is 0 Å². The number of halogens is 4. The van der Waals surface area contributed by atoms with E-state index in [-0.39, 0.29) is 40.7 Å². The molecule has 4 rings (SSSR count). The molecule has 3 atom stereocenters. The molecule has 0 bridgehead atoms. The number of hydrogen-bond acceptors (Lipinski definition) is 4. The first-order valence-corrected chi connectivity index (χ1v) is 12.3. The minimum atomic E-state index is -4.53. The average Bonchev–Trinajstić information content (AvgIpc) is 3.28. The second kappa shape index (κ2) is 10.6. The number of nitrogens with one attached hydrogen (secondary N) is 2. The van der Waals surface area contributed by atoms with Crippen LogP contribution in [0.4, 0.5) is 28.2 Å². The van der Waals surface area contributed by atoms with Gasteiger partial charge in [-0.2, -0.15) is 13.2 Å². The zero-order valence-electron chi connectivity index (χ0n) is 21.6. The Morgan fingerprint density at radius 1 is 1.16 bits per heavy atom. The van der Waals surface area contributed by atoms with Gasteiger partial charge in [0.25, 0.3) is 0 Å². The number of imidazole rings is 1. The molecule has 1 aliphatic rings. The third kappa shape index (κ3) is 5.73. The molecule has 2 aromatic heterocycles. The van der Waals surface area contributed by atoms with Gasteiger partial charge in [-0.15, -0.1) is 0 Å². The zero-order valence-corrected chi connectivity index (χ0v) is 21.6. The molecule has 3 aromatic rings. The second-order valence-corrected chi connectivity index (χ2v) is 9.97. The van der Waals surface area contributed by atoms with Crippen LogP contribution in [0.5, 0.6) is 0 Å². The van der Waals surface area contributed by atoms with Crippen molar-refractivity contribution in [3.8, 4) is 11.1 Å². The van der Waals surface area contributed by atoms with Crippen LogP contribution in [0.15, 0.2) is 30.7 Å². The number of hydrogen-bond donors (Lipinski definition) is 2. The lowest BCUT2D eigenvalue weighted by Gasteiger charge is -2.29. The van der Waals surface area contributed by atoms with Gasteiger partial charge in [-0.25, -0.2) is 19.2 Å². The molecule has 1 saturated carbocycles. The van der Waals surface area contributed by atoms with Crippen molar-refractivity contribution in [1.82, 2.24) is 24.8 Å². The Morgan fingerprint density at radius 2 is 1.89 bits per heavy atom. The lowest BCUT2D eigenvalue weighted by molar-refractivity contribution is -0.162. The van der Waals surface area contributed by atoms with Crippen LogP contribution in [0.1, 0.15) is 44.2 Å². The first kappa shape index (κ1) is 27.3. The van der Waals surface area contributed by atoms with Crippen molar-refractivity contribution >= 4 is 28.8 Å². The summed E-state index contributed by atoms with van der Waals surface area (Å²) in [6.45, 7) is 2.73. The molecule has 204 valence electrons. The fourth-order valence-corrected chi connectivity index (χ4v) is 4.71. The number of amides is 3. The molecule has 38 heavy (non-hydrogen) atoms. The highest BCUT2D eigenvalue weighted by molar-refractivity contribution is 5.93. The summed E-state index contributed by atoms with van der Waals surface area (Å²) >= 11 is 0. The molecule has 1 fully saturated rings. The second-order valence-electron chi connectivity index (χ2n) is 9.97. The van der Waals surface area contributed by atoms with Crippen molar-refractivity contribution in [3.63, 3.8) is 0 Å². The van der Waals surface area contributed by atoms with Crippen LogP contribution in [-0.4, -0.2) is 57.7 Å². The van der Waals surface area contributed by atoms with Gasteiger partial charge in [0.2, 0.25) is 5.91 Å². The number of pyridine rings is 1. The maximum Gasteiger partial charge on any atom is 0.408 e. The molecule has 2 N–H and O–H groups in total. The van der Waals surface area contributed by atoms with Crippen LogP contribution in [-0.2, 0) is 4.79 Å². The van der Waals surface area contributed by atoms with E-state index in [1.54, 1.807) is 27.1 Å². The minimum absolute atomic E-state index is 0.0136. The van der Waals surface area contributed by atoms with Gasteiger partial charge < -0.3 is 20.1 Å². The van der Waals surface area contributed by atoms with E-state index in [4.69, 9.17) is 0 Å². The van der Waals surface area contributed by atoms with Crippen molar-refractivity contribution in [2.24, 2.45) is 5.92 Å². The molecular formula is C26H30F4N6O2. The Kier molecular flexibility index (Phi) is 7.61. The quantitative estimate of drug-likeness (QED) is 0.427. The topological polar surface area (TPSA) is 92.2 Å². The van der Waals surface area contributed by atoms with Gasteiger partial charge >= 0.3 is 12.2 Å². The van der Waals surface area contributed by atoms with E-state index in [0.29, 0.717) is 29.5 Å². The normalized spacial score (nSPS) is 18.7. The summed E-state index contributed by atoms with van der Waals surface area (Å²) in [7, 11) is 3.30. The van der Waals surface area contributed by atoms with Gasteiger partial charge in [0.15, 0.2) is 5.82 Å². The molecule has 2 heterocycles. The molecule has 1 aliphatic carbocycles. The summed E-state index contributed by atoms with van der Waals surface area (Å²) in [5.41, 5.74) is 1.37. The Balaban J connectivity index is 1.58. The molecule has 0 radical (unpaired) electrons. The number of aromatic nitrogens is 3. The number of anilines is 1. The summed E-state index contributed by atoms with van der Waals surface area (Å²) in [4.78, 5) is 34.6. The fraction of sp³-hybridized carbons (Fsp3) is 0.462. The van der Waals surface area contributed by atoms with Gasteiger partial charge in [0, 0.05) is 32.3 Å². The maximum atomic E-state index is 14.9. The molecule has 12 heteroatoms. The molecule has 3 amide bonds. The first-order valence-electron chi connectivity index (χ1n) is 12.3. The smallest absolute Gasteiger partial charge is 0.335 e. The van der Waals surface area contributed by atoms with Crippen LogP contribution < -0.4 is 10.6 Å². The fourth-order valence-electron chi connectivity index (χ4n) is 4.71. The van der Waals surface area contributed by atoms with Crippen LogP contribution >= 0.6 is 0 Å². The number of rotatable bonds is 5. The van der Waals surface area contributed by atoms with Gasteiger partial charge in [-0.1, -0.05) is 6.42 Å². The molecule has 1 aromatic carbocycles. The van der Waals surface area contributed by atoms with E-state index in [0.717, 1.165) is 30.7 Å². The predicted molar refractivity (Wildman–Crippen MR) is 135 cm³/mol. The summed E-state index contributed by atoms with van der Waals surface area (Å²) in [5, 5.41) is 5.73. The number of aryl methyl sites for hydroxylation is 1. The number of benzene rings is 1. The van der Waals surface area contributed by atoms with Crippen molar-refractivity contribution in [2.45, 2.75) is 57.8 Å². The maximum absolute atomic E-state index is 14.9. The SMILES string of the molecule is Cc1cnc(NC(=O)[C@H]2CCC[C@@H](NC(=O)N(C)C)C2)cc1-c1cc(F)c2ncn(C(C)C(F)(F)F)c2c1. The van der Waals surface area contributed by atoms with Gasteiger partial charge in [-0.05, 0) is 68.0 Å². The van der Waals surface area contributed by atoms with Crippen molar-refractivity contribution in [1.29, 1.82) is 0 Å². The van der Waals surface area contributed by atoms with E-state index >= 15 is 0 Å². The van der Waals surface area contributed by atoms with Gasteiger partial charge in [-0.3, -0.25) is 4.79 Å². The largest absolute Gasteiger partial charge is 0.408 e. The van der Waals surface area contributed by atoms with Crippen LogP contribution in [0.25, 0.3) is 22.2 Å². The van der Waals surface area contributed by atoms with E-state index in [2.05, 4.69) is 20.6 Å². The Bertz CT molecular complexity index is 1350. The Labute approximate surface area is 217 Å². The number of carbonyl (C=O) groups excluding carboxylic acids is 2. The molecule has 0 spiro atoms. The van der Waals surface area contributed by atoms with Gasteiger partial charge in [0.05, 0.1) is 11.8 Å². The summed E-state index contributed by atoms with van der Waals surface area (Å²) in [5.74, 6) is -1.07. The van der Waals surface area contributed by atoms with E-state index in [1.807, 2.05) is 0 Å². The third-order valence-electron chi connectivity index (χ3n) is 6.97. The highest BCUT2D eigenvalue weighted by Gasteiger charge is 2.38. The Hall–Kier alpha value is -3.70. The van der Waals surface area contributed by atoms with Crippen molar-refractivity contribution in [3.05, 3.63) is 42.1 Å². The monoisotopic (exact) mass is 534 g/mol. The van der Waals surface area contributed by atoms with E-state index in [1.165, 1.54) is 23.2 Å². The number of fused-ring (bicyclic) bond motifs is 1. The number of carbonyl (C=O) groups is 2. The molecule has 8 nitrogen and oxygen atoms in total. The number of nitrogens with zero attached hydrogens (tertiary/aromatic N) is 4. The minimum Gasteiger partial charge on any atom is -0.335 e. The standard InChI is InChI=1S/C26H30F4N6O2/c1-14-12-31-22(34-24(37)16-6-5-7-18(8-16)33-25(38)35(3)4)11-19(14)17-9-20(27)23-21(10-17)36(13-32-23)15(2)26(28,29)30/h9-13,15-16,18H,5-8H2,1-4H3,(H,33,38)(H,31,34,37)/t15?,16-,18+/m0/s1. The number of urea groups is 1. The highest BCUT2D eigenvalue weighted by atomic mass is 19.4. The van der Waals surface area contributed by atoms with Crippen molar-refractivity contribution < 1.29 is 27.2 Å². The summed E-state index contributed by atoms with van der Waals surface area (Å²) in [6, 6.07) is 2.03. The van der Waals surface area contributed by atoms with E-state index in [9.17, 15) is 27.2 Å². The molecule has 0 saturated heterocycles. The summed E-state index contributed by atoms with van der Waals surface area (Å²) in [6.07, 6.45) is 0.704. The summed E-state index contributed by atoms with van der Waals surface area (Å²) < 4.78 is 55.9. The van der Waals surface area contributed by atoms with Crippen LogP contribution in [0, 0.1) is 18.7 Å². The van der Waals surface area contributed by atoms with E-state index < -0.39 is 18.0 Å². The predicted octanol–water partition coefficient (Wildman–Crippen LogP) is 5.44. The molecule has 0 aliphatic heterocycles. The lowest BCUT2D eigenvalue weighted by atomic mass is 9.85. The third-order valence-corrected chi connectivity index (χ3v) is 6.97. The van der Waals surface area contributed by atoms with Crippen LogP contribution in [0.3, 0.4) is 0 Å². The average molecular weight is 535 g/mol. The Morgan fingerprint density at radius 3 is 2.58 bits per heavy atom. The van der Waals surface area contributed by atoms with Crippen molar-refractivity contribution in [2.75, 3.05) is 19.4 Å². The van der Waals surface area contributed by atoms with Gasteiger partial charge in [0.1, 0.15) is 17.4 Å². The lowest BCUT2D eigenvalue weighted by Crippen LogP contribution is -2.45. The molecular weight excluding hydrogens is 504 g/mol. The highest BCUT2D eigenvalue weighted by Crippen LogP contribution is 2.35.